The van der Waals surface area contributed by atoms with Gasteiger partial charge in [-0.25, -0.2) is 13.4 Å². The maximum atomic E-state index is 12.9. The van der Waals surface area contributed by atoms with Crippen molar-refractivity contribution in [2.24, 2.45) is 0 Å². The average molecular weight is 464 g/mol. The fourth-order valence-corrected chi connectivity index (χ4v) is 6.19. The van der Waals surface area contributed by atoms with Gasteiger partial charge in [0.05, 0.1) is 17.0 Å². The molecule has 1 N–H and O–H groups in total. The van der Waals surface area contributed by atoms with E-state index >= 15 is 0 Å². The summed E-state index contributed by atoms with van der Waals surface area (Å²) in [5, 5.41) is 9.66. The van der Waals surface area contributed by atoms with Gasteiger partial charge in [-0.2, -0.15) is 15.6 Å². The molecule has 1 aromatic carbocycles. The lowest BCUT2D eigenvalue weighted by Gasteiger charge is -2.20. The molecule has 0 atom stereocenters. The molecule has 0 unspecified atom stereocenters. The number of hydrogen-bond acceptors (Lipinski definition) is 6. The number of anilines is 1. The van der Waals surface area contributed by atoms with E-state index in [4.69, 9.17) is 0 Å². The van der Waals surface area contributed by atoms with Crippen molar-refractivity contribution in [3.05, 3.63) is 51.2 Å². The van der Waals surface area contributed by atoms with Crippen LogP contribution in [0.3, 0.4) is 0 Å². The molecular formula is C21H25N3O3S3. The topological polar surface area (TPSA) is 79.4 Å². The van der Waals surface area contributed by atoms with Crippen molar-refractivity contribution in [1.82, 2.24) is 9.29 Å². The number of sulfonamides is 1. The predicted octanol–water partition coefficient (Wildman–Crippen LogP) is 4.70. The number of benzene rings is 1. The Kier molecular flexibility index (Phi) is 7.07. The minimum absolute atomic E-state index is 0.131. The first-order chi connectivity index (χ1) is 14.3. The van der Waals surface area contributed by atoms with Crippen LogP contribution in [-0.2, 0) is 21.2 Å². The quantitative estimate of drug-likeness (QED) is 0.525. The first kappa shape index (κ1) is 22.6. The Morgan fingerprint density at radius 2 is 1.90 bits per heavy atom. The molecule has 30 heavy (non-hydrogen) atoms. The average Bonchev–Trinajstić information content (AvgIpc) is 3.37. The summed E-state index contributed by atoms with van der Waals surface area (Å²) >= 11 is 3.11. The van der Waals surface area contributed by atoms with E-state index in [2.05, 4.69) is 10.3 Å². The number of carbonyl (C=O) groups excluding carboxylic acids is 1. The Balaban J connectivity index is 1.80. The number of amides is 1. The predicted molar refractivity (Wildman–Crippen MR) is 124 cm³/mol. The number of aromatic nitrogens is 1. The van der Waals surface area contributed by atoms with Gasteiger partial charge in [-0.1, -0.05) is 13.8 Å². The highest BCUT2D eigenvalue weighted by atomic mass is 32.2. The molecule has 1 amide bonds. The summed E-state index contributed by atoms with van der Waals surface area (Å²) in [6.07, 6.45) is 0.131. The van der Waals surface area contributed by atoms with Gasteiger partial charge in [0.2, 0.25) is 15.9 Å². The molecule has 0 fully saturated rings. The highest BCUT2D eigenvalue weighted by Crippen LogP contribution is 2.28. The van der Waals surface area contributed by atoms with Crippen molar-refractivity contribution in [1.29, 1.82) is 0 Å². The highest BCUT2D eigenvalue weighted by molar-refractivity contribution is 7.89. The lowest BCUT2D eigenvalue weighted by molar-refractivity contribution is -0.115. The van der Waals surface area contributed by atoms with Crippen LogP contribution in [0.15, 0.2) is 39.2 Å². The van der Waals surface area contributed by atoms with Gasteiger partial charge in [-0.05, 0) is 48.6 Å². The number of hydrogen-bond donors (Lipinski definition) is 1. The smallest absolute Gasteiger partial charge is 0.243 e. The number of thiophene rings is 1. The molecule has 0 aliphatic heterocycles. The van der Waals surface area contributed by atoms with Crippen LogP contribution < -0.4 is 5.32 Å². The molecule has 2 heterocycles. The van der Waals surface area contributed by atoms with Crippen LogP contribution in [-0.4, -0.2) is 36.7 Å². The van der Waals surface area contributed by atoms with Crippen molar-refractivity contribution in [2.45, 2.75) is 39.0 Å². The first-order valence-corrected chi connectivity index (χ1v) is 12.9. The van der Waals surface area contributed by atoms with Crippen LogP contribution in [0.5, 0.6) is 0 Å². The van der Waals surface area contributed by atoms with Gasteiger partial charge < -0.3 is 5.32 Å². The van der Waals surface area contributed by atoms with Crippen LogP contribution in [0.4, 0.5) is 5.69 Å². The Hall–Kier alpha value is -2.07. The molecule has 160 valence electrons. The molecule has 0 saturated carbocycles. The molecule has 3 aromatic rings. The number of rotatable bonds is 8. The largest absolute Gasteiger partial charge is 0.325 e. The third kappa shape index (κ3) is 4.80. The third-order valence-corrected chi connectivity index (χ3v) is 8.57. The van der Waals surface area contributed by atoms with E-state index in [1.54, 1.807) is 23.5 Å². The zero-order chi connectivity index (χ0) is 21.9. The van der Waals surface area contributed by atoms with Gasteiger partial charge in [0.25, 0.3) is 0 Å². The van der Waals surface area contributed by atoms with Crippen LogP contribution in [0, 0.1) is 13.8 Å². The molecule has 9 heteroatoms. The minimum atomic E-state index is -3.61. The molecule has 0 spiro atoms. The van der Waals surface area contributed by atoms with Gasteiger partial charge in [0.1, 0.15) is 5.01 Å². The second-order valence-electron chi connectivity index (χ2n) is 6.88. The Labute approximate surface area is 185 Å². The maximum Gasteiger partial charge on any atom is 0.243 e. The van der Waals surface area contributed by atoms with Crippen LogP contribution >= 0.6 is 22.7 Å². The molecule has 3 rings (SSSR count). The first-order valence-electron chi connectivity index (χ1n) is 9.64. The highest BCUT2D eigenvalue weighted by Gasteiger charge is 2.23. The fourth-order valence-electron chi connectivity index (χ4n) is 3.08. The zero-order valence-corrected chi connectivity index (χ0v) is 19.9. The lowest BCUT2D eigenvalue weighted by Crippen LogP contribution is -2.30. The van der Waals surface area contributed by atoms with Crippen molar-refractivity contribution < 1.29 is 13.2 Å². The summed E-state index contributed by atoms with van der Waals surface area (Å²) in [6, 6.07) is 5.21. The number of carbonyl (C=O) groups is 1. The summed E-state index contributed by atoms with van der Waals surface area (Å²) < 4.78 is 27.2. The normalized spacial score (nSPS) is 11.8. The van der Waals surface area contributed by atoms with Gasteiger partial charge in [-0.3, -0.25) is 4.79 Å². The molecule has 2 aromatic heterocycles. The van der Waals surface area contributed by atoms with Crippen molar-refractivity contribution >= 4 is 44.3 Å². The van der Waals surface area contributed by atoms with Gasteiger partial charge in [0, 0.05) is 35.1 Å². The number of nitrogens with zero attached hydrogens (tertiary/aromatic N) is 2. The SMILES string of the molecule is CCN(CC)S(=O)(=O)c1cc(C)c(C)c(NC(=O)Cc2csc(-c3ccsc3)n2)c1. The number of nitrogens with one attached hydrogen (secondary N) is 1. The Morgan fingerprint density at radius 1 is 1.17 bits per heavy atom. The molecule has 0 radical (unpaired) electrons. The van der Waals surface area contributed by atoms with E-state index in [9.17, 15) is 13.2 Å². The van der Waals surface area contributed by atoms with Crippen molar-refractivity contribution in [3.63, 3.8) is 0 Å². The van der Waals surface area contributed by atoms with Crippen LogP contribution in [0.25, 0.3) is 10.6 Å². The molecular weight excluding hydrogens is 438 g/mol. The summed E-state index contributed by atoms with van der Waals surface area (Å²) in [4.78, 5) is 17.4. The lowest BCUT2D eigenvalue weighted by atomic mass is 10.1. The minimum Gasteiger partial charge on any atom is -0.325 e. The Bertz CT molecular complexity index is 1130. The Morgan fingerprint density at radius 3 is 2.53 bits per heavy atom. The van der Waals surface area contributed by atoms with E-state index in [1.165, 1.54) is 15.6 Å². The van der Waals surface area contributed by atoms with Crippen LogP contribution in [0.2, 0.25) is 0 Å². The summed E-state index contributed by atoms with van der Waals surface area (Å²) in [7, 11) is -3.61. The zero-order valence-electron chi connectivity index (χ0n) is 17.4. The van der Waals surface area contributed by atoms with E-state index in [1.807, 2.05) is 49.9 Å². The molecule has 0 aliphatic rings. The summed E-state index contributed by atoms with van der Waals surface area (Å²) in [5.41, 5.74) is 3.92. The summed E-state index contributed by atoms with van der Waals surface area (Å²) in [6.45, 7) is 8.12. The standard InChI is InChI=1S/C21H25N3O3S3/c1-5-24(6-2)30(26,27)18-9-14(3)15(4)19(11-18)23-20(25)10-17-13-29-21(22-17)16-7-8-28-12-16/h7-9,11-13H,5-6,10H2,1-4H3,(H,23,25). The second-order valence-corrected chi connectivity index (χ2v) is 10.5. The molecule has 0 bridgehead atoms. The fraction of sp³-hybridized carbons (Fsp3) is 0.333. The van der Waals surface area contributed by atoms with Crippen molar-refractivity contribution in [3.8, 4) is 10.6 Å². The maximum absolute atomic E-state index is 12.9. The summed E-state index contributed by atoms with van der Waals surface area (Å²) in [5.74, 6) is -0.225. The second kappa shape index (κ2) is 9.38. The van der Waals surface area contributed by atoms with E-state index in [0.717, 1.165) is 21.7 Å². The van der Waals surface area contributed by atoms with E-state index in [-0.39, 0.29) is 17.2 Å². The monoisotopic (exact) mass is 463 g/mol. The van der Waals surface area contributed by atoms with Crippen LogP contribution in [0.1, 0.15) is 30.7 Å². The van der Waals surface area contributed by atoms with E-state index in [0.29, 0.717) is 24.5 Å². The van der Waals surface area contributed by atoms with Gasteiger partial charge in [0.15, 0.2) is 0 Å². The molecule has 6 nitrogen and oxygen atoms in total. The molecule has 0 aliphatic carbocycles. The molecule has 0 saturated heterocycles. The number of thiazole rings is 1. The van der Waals surface area contributed by atoms with Gasteiger partial charge in [-0.15, -0.1) is 11.3 Å². The van der Waals surface area contributed by atoms with Crippen molar-refractivity contribution in [2.75, 3.05) is 18.4 Å². The van der Waals surface area contributed by atoms with E-state index < -0.39 is 10.0 Å². The third-order valence-electron chi connectivity index (χ3n) is 4.92. The van der Waals surface area contributed by atoms with Gasteiger partial charge >= 0.3 is 0 Å². The number of aryl methyl sites for hydroxylation is 1.